The Morgan fingerprint density at radius 3 is 2.79 bits per heavy atom. The van der Waals surface area contributed by atoms with Crippen LogP contribution in [-0.2, 0) is 4.79 Å². The Kier molecular flexibility index (Phi) is 4.55. The summed E-state index contributed by atoms with van der Waals surface area (Å²) in [5, 5.41) is 7.26. The molecular weight excluding hydrogens is 366 g/mol. The first-order valence-electron chi connectivity index (χ1n) is 10.0. The fraction of sp³-hybridized carbons (Fsp3) is 0.381. The highest BCUT2D eigenvalue weighted by atomic mass is 16.1. The van der Waals surface area contributed by atoms with Crippen molar-refractivity contribution in [3.05, 3.63) is 36.3 Å². The van der Waals surface area contributed by atoms with Gasteiger partial charge < -0.3 is 15.5 Å². The van der Waals surface area contributed by atoms with Crippen LogP contribution in [-0.4, -0.2) is 52.0 Å². The Balaban J connectivity index is 1.66. The average molecular weight is 389 g/mol. The maximum Gasteiger partial charge on any atom is 0.222 e. The fourth-order valence-electron chi connectivity index (χ4n) is 3.85. The molecule has 8 nitrogen and oxygen atoms in total. The molecule has 0 unspecified atom stereocenters. The number of aromatic nitrogens is 4. The zero-order valence-electron chi connectivity index (χ0n) is 16.4. The molecule has 0 spiro atoms. The number of hydrogen-bond donors (Lipinski definition) is 2. The van der Waals surface area contributed by atoms with E-state index in [2.05, 4.69) is 25.5 Å². The molecule has 1 aliphatic heterocycles. The molecule has 8 heteroatoms. The summed E-state index contributed by atoms with van der Waals surface area (Å²) >= 11 is 0. The van der Waals surface area contributed by atoms with Gasteiger partial charge in [-0.25, -0.2) is 15.0 Å². The van der Waals surface area contributed by atoms with Crippen LogP contribution in [0.5, 0.6) is 0 Å². The van der Waals surface area contributed by atoms with Crippen LogP contribution < -0.4 is 15.5 Å². The maximum absolute atomic E-state index is 11.4. The van der Waals surface area contributed by atoms with Gasteiger partial charge in [0, 0.05) is 56.4 Å². The SMILES string of the molecule is CC(=O)Nc1cc(-c2nc(N3CCNCC3)c3c(C4CC4)cncc3n2)ccn1. The zero-order chi connectivity index (χ0) is 19.8. The molecule has 3 aromatic rings. The van der Waals surface area contributed by atoms with E-state index < -0.39 is 0 Å². The van der Waals surface area contributed by atoms with Crippen LogP contribution >= 0.6 is 0 Å². The summed E-state index contributed by atoms with van der Waals surface area (Å²) in [4.78, 5) is 32.2. The monoisotopic (exact) mass is 389 g/mol. The average Bonchev–Trinajstić information content (AvgIpc) is 3.58. The van der Waals surface area contributed by atoms with Gasteiger partial charge in [-0.05, 0) is 36.5 Å². The highest BCUT2D eigenvalue weighted by molar-refractivity contribution is 5.94. The van der Waals surface area contributed by atoms with Crippen LogP contribution in [0, 0.1) is 0 Å². The van der Waals surface area contributed by atoms with Gasteiger partial charge in [0.2, 0.25) is 5.91 Å². The molecule has 2 aliphatic rings. The number of carbonyl (C=O) groups is 1. The lowest BCUT2D eigenvalue weighted by Gasteiger charge is -2.30. The third kappa shape index (κ3) is 3.63. The van der Waals surface area contributed by atoms with Gasteiger partial charge in [-0.1, -0.05) is 0 Å². The highest BCUT2D eigenvalue weighted by Gasteiger charge is 2.29. The lowest BCUT2D eigenvalue weighted by atomic mass is 10.1. The molecule has 2 fully saturated rings. The van der Waals surface area contributed by atoms with E-state index in [1.165, 1.54) is 25.3 Å². The van der Waals surface area contributed by atoms with Crippen molar-refractivity contribution >= 4 is 28.4 Å². The van der Waals surface area contributed by atoms with E-state index in [0.29, 0.717) is 17.6 Å². The van der Waals surface area contributed by atoms with E-state index in [1.54, 1.807) is 6.20 Å². The maximum atomic E-state index is 11.4. The van der Waals surface area contributed by atoms with Crippen LogP contribution in [0.15, 0.2) is 30.7 Å². The van der Waals surface area contributed by atoms with E-state index in [9.17, 15) is 4.79 Å². The van der Waals surface area contributed by atoms with Gasteiger partial charge in [-0.3, -0.25) is 9.78 Å². The third-order valence-electron chi connectivity index (χ3n) is 5.37. The van der Waals surface area contributed by atoms with Gasteiger partial charge >= 0.3 is 0 Å². The van der Waals surface area contributed by atoms with Gasteiger partial charge in [0.05, 0.1) is 11.7 Å². The van der Waals surface area contributed by atoms with Crippen molar-refractivity contribution in [1.82, 2.24) is 25.3 Å². The summed E-state index contributed by atoms with van der Waals surface area (Å²) in [6.07, 6.45) is 7.88. The Bertz CT molecular complexity index is 1070. The number of rotatable bonds is 4. The minimum Gasteiger partial charge on any atom is -0.353 e. The van der Waals surface area contributed by atoms with Crippen molar-refractivity contribution in [1.29, 1.82) is 0 Å². The minimum absolute atomic E-state index is 0.158. The molecule has 1 aliphatic carbocycles. The molecule has 148 valence electrons. The predicted octanol–water partition coefficient (Wildman–Crippen LogP) is 2.33. The Morgan fingerprint density at radius 1 is 1.21 bits per heavy atom. The molecule has 1 saturated heterocycles. The second kappa shape index (κ2) is 7.36. The fourth-order valence-corrected chi connectivity index (χ4v) is 3.85. The quantitative estimate of drug-likeness (QED) is 0.707. The third-order valence-corrected chi connectivity index (χ3v) is 5.37. The molecule has 2 N–H and O–H groups in total. The summed E-state index contributed by atoms with van der Waals surface area (Å²) in [7, 11) is 0. The van der Waals surface area contributed by atoms with Crippen LogP contribution in [0.3, 0.4) is 0 Å². The van der Waals surface area contributed by atoms with Crippen molar-refractivity contribution in [3.8, 4) is 11.4 Å². The molecule has 0 radical (unpaired) electrons. The number of hydrogen-bond acceptors (Lipinski definition) is 7. The first-order chi connectivity index (χ1) is 14.2. The Morgan fingerprint density at radius 2 is 2.03 bits per heavy atom. The number of amides is 1. The van der Waals surface area contributed by atoms with E-state index in [0.717, 1.165) is 48.5 Å². The van der Waals surface area contributed by atoms with E-state index in [-0.39, 0.29) is 5.91 Å². The van der Waals surface area contributed by atoms with Gasteiger partial charge in [0.25, 0.3) is 0 Å². The lowest BCUT2D eigenvalue weighted by molar-refractivity contribution is -0.114. The molecule has 1 saturated carbocycles. The molecule has 0 aromatic carbocycles. The molecule has 0 bridgehead atoms. The van der Waals surface area contributed by atoms with Crippen LogP contribution in [0.4, 0.5) is 11.6 Å². The summed E-state index contributed by atoms with van der Waals surface area (Å²) in [5.74, 6) is 2.50. The highest BCUT2D eigenvalue weighted by Crippen LogP contribution is 2.44. The summed E-state index contributed by atoms with van der Waals surface area (Å²) in [6.45, 7) is 5.16. The summed E-state index contributed by atoms with van der Waals surface area (Å²) in [6, 6.07) is 3.68. The van der Waals surface area contributed by atoms with Crippen molar-refractivity contribution in [2.45, 2.75) is 25.7 Å². The van der Waals surface area contributed by atoms with Gasteiger partial charge in [0.15, 0.2) is 5.82 Å². The van der Waals surface area contributed by atoms with Crippen LogP contribution in [0.2, 0.25) is 0 Å². The standard InChI is InChI=1S/C21H23N7O/c1-13(29)25-18-10-15(4-5-24-18)20-26-17-12-23-11-16(14-2-3-14)19(17)21(27-20)28-8-6-22-7-9-28/h4-5,10-12,14,22H,2-3,6-9H2,1H3,(H,24,25,29). The van der Waals surface area contributed by atoms with E-state index in [4.69, 9.17) is 9.97 Å². The Hall–Kier alpha value is -3.13. The van der Waals surface area contributed by atoms with Gasteiger partial charge in [-0.15, -0.1) is 0 Å². The summed E-state index contributed by atoms with van der Waals surface area (Å²) < 4.78 is 0. The first kappa shape index (κ1) is 17.9. The minimum atomic E-state index is -0.158. The normalized spacial score (nSPS) is 16.8. The zero-order valence-corrected chi connectivity index (χ0v) is 16.4. The number of anilines is 2. The number of fused-ring (bicyclic) bond motifs is 1. The van der Waals surface area contributed by atoms with Crippen molar-refractivity contribution in [3.63, 3.8) is 0 Å². The van der Waals surface area contributed by atoms with E-state index in [1.807, 2.05) is 24.5 Å². The number of nitrogens with one attached hydrogen (secondary N) is 2. The molecule has 5 rings (SSSR count). The van der Waals surface area contributed by atoms with E-state index >= 15 is 0 Å². The first-order valence-corrected chi connectivity index (χ1v) is 10.0. The van der Waals surface area contributed by atoms with Crippen molar-refractivity contribution in [2.24, 2.45) is 0 Å². The van der Waals surface area contributed by atoms with Crippen molar-refractivity contribution in [2.75, 3.05) is 36.4 Å². The van der Waals surface area contributed by atoms with Gasteiger partial charge in [-0.2, -0.15) is 0 Å². The van der Waals surface area contributed by atoms with Gasteiger partial charge in [0.1, 0.15) is 11.6 Å². The molecule has 4 heterocycles. The molecular formula is C21H23N7O. The topological polar surface area (TPSA) is 95.9 Å². The number of carbonyl (C=O) groups excluding carboxylic acids is 1. The molecule has 3 aromatic heterocycles. The largest absolute Gasteiger partial charge is 0.353 e. The smallest absolute Gasteiger partial charge is 0.222 e. The number of pyridine rings is 2. The predicted molar refractivity (Wildman–Crippen MR) is 112 cm³/mol. The second-order valence-corrected chi connectivity index (χ2v) is 7.62. The lowest BCUT2D eigenvalue weighted by Crippen LogP contribution is -2.44. The Labute approximate surface area is 168 Å². The summed E-state index contributed by atoms with van der Waals surface area (Å²) in [5.41, 5.74) is 2.95. The molecule has 29 heavy (non-hydrogen) atoms. The number of nitrogens with zero attached hydrogens (tertiary/aromatic N) is 5. The van der Waals surface area contributed by atoms with Crippen LogP contribution in [0.25, 0.3) is 22.3 Å². The molecule has 1 amide bonds. The molecule has 0 atom stereocenters. The van der Waals surface area contributed by atoms with Crippen molar-refractivity contribution < 1.29 is 4.79 Å². The second-order valence-electron chi connectivity index (χ2n) is 7.62. The number of piperazine rings is 1. The van der Waals surface area contributed by atoms with Crippen LogP contribution in [0.1, 0.15) is 31.2 Å².